The van der Waals surface area contributed by atoms with Crippen LogP contribution in [0.3, 0.4) is 0 Å². The lowest BCUT2D eigenvalue weighted by atomic mass is 9.76. The molecule has 0 aromatic heterocycles. The molecule has 1 aromatic rings. The number of benzene rings is 1. The number of hydrogen-bond donors (Lipinski definition) is 1. The van der Waals surface area contributed by atoms with Crippen molar-refractivity contribution in [3.8, 4) is 6.07 Å². The van der Waals surface area contributed by atoms with Crippen molar-refractivity contribution in [1.82, 2.24) is 5.32 Å². The number of nitrogens with zero attached hydrogens (tertiary/aromatic N) is 1. The van der Waals surface area contributed by atoms with Gasteiger partial charge in [0.15, 0.2) is 0 Å². The van der Waals surface area contributed by atoms with Gasteiger partial charge >= 0.3 is 7.12 Å². The van der Waals surface area contributed by atoms with Crippen LogP contribution in [0.15, 0.2) is 23.7 Å². The summed E-state index contributed by atoms with van der Waals surface area (Å²) >= 11 is 0. The van der Waals surface area contributed by atoms with Crippen LogP contribution in [0, 0.1) is 18.3 Å². The molecule has 25 heavy (non-hydrogen) atoms. The zero-order chi connectivity index (χ0) is 18.8. The molecule has 0 atom stereocenters. The molecular formula is C19H25BN2O3. The number of carbonyl (C=O) groups is 1. The summed E-state index contributed by atoms with van der Waals surface area (Å²) in [5.74, 6) is -0.132. The Hall–Kier alpha value is -2.10. The first-order valence-corrected chi connectivity index (χ1v) is 8.37. The van der Waals surface area contributed by atoms with Gasteiger partial charge in [0, 0.05) is 13.5 Å². The third-order valence-corrected chi connectivity index (χ3v) is 4.87. The Balaban J connectivity index is 2.45. The third kappa shape index (κ3) is 4.12. The van der Waals surface area contributed by atoms with Crippen LogP contribution >= 0.6 is 0 Å². The molecule has 0 unspecified atom stereocenters. The third-order valence-electron chi connectivity index (χ3n) is 4.87. The largest absolute Gasteiger partial charge is 0.492 e. The fourth-order valence-corrected chi connectivity index (χ4v) is 2.58. The molecule has 1 fully saturated rings. The van der Waals surface area contributed by atoms with Gasteiger partial charge in [-0.05, 0) is 57.3 Å². The van der Waals surface area contributed by atoms with Crippen molar-refractivity contribution < 1.29 is 14.1 Å². The van der Waals surface area contributed by atoms with E-state index in [1.54, 1.807) is 6.07 Å². The second-order valence-corrected chi connectivity index (χ2v) is 7.37. The molecule has 132 valence electrons. The van der Waals surface area contributed by atoms with Gasteiger partial charge < -0.3 is 14.6 Å². The number of amides is 1. The second-order valence-electron chi connectivity index (χ2n) is 7.37. The van der Waals surface area contributed by atoms with Crippen molar-refractivity contribution in [3.63, 3.8) is 0 Å². The first kappa shape index (κ1) is 19.2. The van der Waals surface area contributed by atoms with Crippen LogP contribution in [-0.2, 0) is 14.1 Å². The van der Waals surface area contributed by atoms with Gasteiger partial charge in [-0.2, -0.15) is 5.26 Å². The normalized spacial score (nSPS) is 18.8. The van der Waals surface area contributed by atoms with Gasteiger partial charge in [0.1, 0.15) is 0 Å². The fourth-order valence-electron chi connectivity index (χ4n) is 2.58. The molecular weight excluding hydrogens is 315 g/mol. The molecule has 0 bridgehead atoms. The number of rotatable bonds is 4. The summed E-state index contributed by atoms with van der Waals surface area (Å²) in [7, 11) is -0.581. The molecule has 0 aliphatic carbocycles. The van der Waals surface area contributed by atoms with Crippen LogP contribution in [0.1, 0.15) is 51.3 Å². The highest BCUT2D eigenvalue weighted by Gasteiger charge is 2.52. The Kier molecular flexibility index (Phi) is 5.41. The lowest BCUT2D eigenvalue weighted by Crippen LogP contribution is -2.41. The highest BCUT2D eigenvalue weighted by molar-refractivity contribution is 6.56. The Labute approximate surface area is 150 Å². The molecule has 1 N–H and O–H groups in total. The summed E-state index contributed by atoms with van der Waals surface area (Å²) in [6, 6.07) is 7.80. The van der Waals surface area contributed by atoms with Crippen molar-refractivity contribution >= 4 is 19.1 Å². The zero-order valence-electron chi connectivity index (χ0n) is 15.8. The zero-order valence-corrected chi connectivity index (χ0v) is 15.8. The molecule has 1 amide bonds. The fraction of sp³-hybridized carbons (Fsp3) is 0.474. The van der Waals surface area contributed by atoms with E-state index >= 15 is 0 Å². The SMILES string of the molecule is CC(=O)NCC(=Cc1c(C)cccc1C#N)B1OC(C)(C)C(C)(C)O1. The number of nitrogens with one attached hydrogen (secondary N) is 1. The van der Waals surface area contributed by atoms with E-state index in [4.69, 9.17) is 9.31 Å². The monoisotopic (exact) mass is 340 g/mol. The summed E-state index contributed by atoms with van der Waals surface area (Å²) in [4.78, 5) is 11.4. The minimum absolute atomic E-state index is 0.132. The summed E-state index contributed by atoms with van der Waals surface area (Å²) in [6.07, 6.45) is 1.89. The van der Waals surface area contributed by atoms with Crippen LogP contribution in [0.4, 0.5) is 0 Å². The van der Waals surface area contributed by atoms with E-state index in [2.05, 4.69) is 11.4 Å². The van der Waals surface area contributed by atoms with E-state index in [0.29, 0.717) is 12.1 Å². The van der Waals surface area contributed by atoms with Crippen LogP contribution in [0.2, 0.25) is 0 Å². The molecule has 0 spiro atoms. The molecule has 0 saturated carbocycles. The number of aryl methyl sites for hydroxylation is 1. The first-order chi connectivity index (χ1) is 11.6. The van der Waals surface area contributed by atoms with Gasteiger partial charge in [0.25, 0.3) is 0 Å². The van der Waals surface area contributed by atoms with Crippen molar-refractivity contribution in [2.75, 3.05) is 6.54 Å². The topological polar surface area (TPSA) is 71.4 Å². The van der Waals surface area contributed by atoms with Crippen LogP contribution in [0.5, 0.6) is 0 Å². The molecule has 1 saturated heterocycles. The molecule has 5 nitrogen and oxygen atoms in total. The molecule has 1 aliphatic heterocycles. The summed E-state index contributed by atoms with van der Waals surface area (Å²) in [5.41, 5.74) is 2.21. The van der Waals surface area contributed by atoms with Gasteiger partial charge in [-0.15, -0.1) is 0 Å². The Morgan fingerprint density at radius 1 is 1.28 bits per heavy atom. The van der Waals surface area contributed by atoms with Crippen LogP contribution in [0.25, 0.3) is 6.08 Å². The smallest absolute Gasteiger partial charge is 0.400 e. The van der Waals surface area contributed by atoms with Crippen LogP contribution in [-0.4, -0.2) is 30.8 Å². The van der Waals surface area contributed by atoms with Gasteiger partial charge in [-0.1, -0.05) is 18.2 Å². The van der Waals surface area contributed by atoms with Gasteiger partial charge in [0.2, 0.25) is 5.91 Å². The number of nitriles is 1. The van der Waals surface area contributed by atoms with E-state index in [9.17, 15) is 10.1 Å². The maximum atomic E-state index is 11.4. The van der Waals surface area contributed by atoms with Crippen molar-refractivity contribution in [1.29, 1.82) is 5.26 Å². The maximum absolute atomic E-state index is 11.4. The molecule has 1 aromatic carbocycles. The molecule has 2 rings (SSSR count). The summed E-state index contributed by atoms with van der Waals surface area (Å²) in [5, 5.41) is 12.2. The van der Waals surface area contributed by atoms with E-state index in [-0.39, 0.29) is 5.91 Å². The van der Waals surface area contributed by atoms with E-state index in [1.165, 1.54) is 6.92 Å². The molecule has 1 heterocycles. The Morgan fingerprint density at radius 2 is 1.88 bits per heavy atom. The lowest BCUT2D eigenvalue weighted by Gasteiger charge is -2.32. The summed E-state index contributed by atoms with van der Waals surface area (Å²) < 4.78 is 12.2. The van der Waals surface area contributed by atoms with E-state index < -0.39 is 18.3 Å². The number of carbonyl (C=O) groups excluding carboxylic acids is 1. The van der Waals surface area contributed by atoms with E-state index in [0.717, 1.165) is 16.6 Å². The van der Waals surface area contributed by atoms with Crippen molar-refractivity contribution in [3.05, 3.63) is 40.4 Å². The molecule has 6 heteroatoms. The average molecular weight is 340 g/mol. The Bertz CT molecular complexity index is 732. The lowest BCUT2D eigenvalue weighted by molar-refractivity contribution is -0.118. The molecule has 1 aliphatic rings. The second kappa shape index (κ2) is 7.03. The van der Waals surface area contributed by atoms with Crippen LogP contribution < -0.4 is 5.32 Å². The van der Waals surface area contributed by atoms with E-state index in [1.807, 2.05) is 52.8 Å². The standard InChI is InChI=1S/C19H25BN2O3/c1-13-8-7-9-15(11-21)17(13)10-16(12-22-14(2)23)20-24-18(3,4)19(5,6)25-20/h7-10H,12H2,1-6H3,(H,22,23). The predicted molar refractivity (Wildman–Crippen MR) is 98.6 cm³/mol. The average Bonchev–Trinajstić information content (AvgIpc) is 2.72. The first-order valence-electron chi connectivity index (χ1n) is 8.37. The maximum Gasteiger partial charge on any atom is 0.492 e. The van der Waals surface area contributed by atoms with Gasteiger partial charge in [-0.3, -0.25) is 4.79 Å². The number of hydrogen-bond acceptors (Lipinski definition) is 4. The minimum atomic E-state index is -0.581. The summed E-state index contributed by atoms with van der Waals surface area (Å²) in [6.45, 7) is 11.7. The minimum Gasteiger partial charge on any atom is -0.400 e. The predicted octanol–water partition coefficient (Wildman–Crippen LogP) is 3.02. The van der Waals surface area contributed by atoms with Crippen molar-refractivity contribution in [2.24, 2.45) is 0 Å². The quantitative estimate of drug-likeness (QED) is 0.856. The van der Waals surface area contributed by atoms with Gasteiger partial charge in [-0.25, -0.2) is 0 Å². The Morgan fingerprint density at radius 3 is 2.40 bits per heavy atom. The van der Waals surface area contributed by atoms with Gasteiger partial charge in [0.05, 0.1) is 22.8 Å². The highest BCUT2D eigenvalue weighted by atomic mass is 16.7. The highest BCUT2D eigenvalue weighted by Crippen LogP contribution is 2.39. The molecule has 0 radical (unpaired) electrons. The van der Waals surface area contributed by atoms with Crippen molar-refractivity contribution in [2.45, 2.75) is 52.7 Å².